The van der Waals surface area contributed by atoms with Gasteiger partial charge in [-0.15, -0.1) is 0 Å². The fraction of sp³-hybridized carbons (Fsp3) is 0.684. The van der Waals surface area contributed by atoms with E-state index in [1.807, 2.05) is 0 Å². The van der Waals surface area contributed by atoms with Gasteiger partial charge in [-0.2, -0.15) is 0 Å². The molecule has 3 rings (SSSR count). The first kappa shape index (κ1) is 25.2. The molecule has 7 N–H and O–H groups in total. The standard InChI is InChI=1S/C19H28NO12/c21-11-7-29-18(16(25)13(11)22)30-8-12-14(23)15(24)17(26)19(32-12)31-10-3-1-9(2-4-10)5-6-20(27)28/h1-4,11-19,21-27H,5-8H2/q-1. The Bertz CT molecular complexity index is 706. The summed E-state index contributed by atoms with van der Waals surface area (Å²) >= 11 is 0. The fourth-order valence-corrected chi connectivity index (χ4v) is 3.36. The van der Waals surface area contributed by atoms with Crippen LogP contribution in [0.4, 0.5) is 0 Å². The van der Waals surface area contributed by atoms with Crippen LogP contribution in [0.15, 0.2) is 24.3 Å². The summed E-state index contributed by atoms with van der Waals surface area (Å²) in [6.07, 6.45) is -12.6. The van der Waals surface area contributed by atoms with Gasteiger partial charge in [0.1, 0.15) is 48.5 Å². The average molecular weight is 462 g/mol. The van der Waals surface area contributed by atoms with Crippen LogP contribution in [-0.4, -0.2) is 116 Å². The van der Waals surface area contributed by atoms with Crippen molar-refractivity contribution in [2.45, 2.75) is 61.7 Å². The monoisotopic (exact) mass is 462 g/mol. The van der Waals surface area contributed by atoms with E-state index in [0.29, 0.717) is 6.42 Å². The van der Waals surface area contributed by atoms with Gasteiger partial charge in [-0.25, -0.2) is 0 Å². The zero-order valence-corrected chi connectivity index (χ0v) is 17.0. The second-order valence-electron chi connectivity index (χ2n) is 7.69. The molecule has 2 saturated heterocycles. The van der Waals surface area contributed by atoms with Gasteiger partial charge in [-0.3, -0.25) is 5.23 Å². The van der Waals surface area contributed by atoms with E-state index in [4.69, 9.17) is 24.2 Å². The molecule has 0 aromatic heterocycles. The number of hydroxylamine groups is 2. The summed E-state index contributed by atoms with van der Waals surface area (Å²) in [6.45, 7) is -0.766. The fourth-order valence-electron chi connectivity index (χ4n) is 3.36. The Morgan fingerprint density at radius 2 is 1.56 bits per heavy atom. The minimum absolute atomic E-state index is 0.105. The van der Waals surface area contributed by atoms with Crippen LogP contribution in [0.2, 0.25) is 0 Å². The minimum atomic E-state index is -1.63. The van der Waals surface area contributed by atoms with E-state index in [1.54, 1.807) is 24.3 Å². The smallest absolute Gasteiger partial charge is 0.229 e. The van der Waals surface area contributed by atoms with Gasteiger partial charge in [0, 0.05) is 6.54 Å². The SMILES string of the molecule is [O-]N(O)CCc1ccc(OC2OC(COC3OCC(O)C(O)C3O)C(O)C(O)C2O)cc1. The molecule has 13 heteroatoms. The number of rotatable bonds is 8. The molecule has 0 spiro atoms. The lowest BCUT2D eigenvalue weighted by molar-refractivity contribution is -0.307. The predicted molar refractivity (Wildman–Crippen MR) is 103 cm³/mol. The van der Waals surface area contributed by atoms with Gasteiger partial charge in [0.05, 0.1) is 13.2 Å². The third-order valence-corrected chi connectivity index (χ3v) is 5.31. The van der Waals surface area contributed by atoms with Crippen molar-refractivity contribution in [3.05, 3.63) is 35.0 Å². The molecule has 0 aliphatic carbocycles. The maximum Gasteiger partial charge on any atom is 0.229 e. The molecule has 0 amide bonds. The zero-order valence-electron chi connectivity index (χ0n) is 17.0. The van der Waals surface area contributed by atoms with Gasteiger partial charge in [-0.1, -0.05) is 12.1 Å². The summed E-state index contributed by atoms with van der Waals surface area (Å²) in [4.78, 5) is 0. The third-order valence-electron chi connectivity index (χ3n) is 5.31. The largest absolute Gasteiger partial charge is 0.762 e. The predicted octanol–water partition coefficient (Wildman–Crippen LogP) is -2.94. The lowest BCUT2D eigenvalue weighted by Crippen LogP contribution is -2.61. The summed E-state index contributed by atoms with van der Waals surface area (Å²) < 4.78 is 21.6. The van der Waals surface area contributed by atoms with Crippen LogP contribution < -0.4 is 4.74 Å². The number of benzene rings is 1. The van der Waals surface area contributed by atoms with Crippen molar-refractivity contribution in [1.82, 2.24) is 5.23 Å². The highest BCUT2D eigenvalue weighted by molar-refractivity contribution is 5.27. The van der Waals surface area contributed by atoms with Gasteiger partial charge < -0.3 is 60.0 Å². The molecule has 1 aromatic rings. The van der Waals surface area contributed by atoms with Gasteiger partial charge >= 0.3 is 0 Å². The van der Waals surface area contributed by atoms with Crippen molar-refractivity contribution in [3.8, 4) is 5.75 Å². The van der Waals surface area contributed by atoms with E-state index < -0.39 is 55.3 Å². The molecule has 2 fully saturated rings. The third kappa shape index (κ3) is 6.11. The number of aliphatic hydroxyl groups excluding tert-OH is 6. The lowest BCUT2D eigenvalue weighted by atomic mass is 9.99. The van der Waals surface area contributed by atoms with Gasteiger partial charge in [0.25, 0.3) is 0 Å². The molecule has 9 unspecified atom stereocenters. The van der Waals surface area contributed by atoms with Crippen LogP contribution in [0.3, 0.4) is 0 Å². The quantitative estimate of drug-likeness (QED) is 0.193. The van der Waals surface area contributed by atoms with Crippen LogP contribution in [0.25, 0.3) is 0 Å². The molecule has 0 saturated carbocycles. The highest BCUT2D eigenvalue weighted by Crippen LogP contribution is 2.26. The van der Waals surface area contributed by atoms with Crippen LogP contribution in [0.5, 0.6) is 5.75 Å². The summed E-state index contributed by atoms with van der Waals surface area (Å²) in [5, 5.41) is 78.8. The van der Waals surface area contributed by atoms with Crippen LogP contribution >= 0.6 is 0 Å². The first-order valence-electron chi connectivity index (χ1n) is 10.0. The molecule has 9 atom stereocenters. The molecule has 182 valence electrons. The van der Waals surface area contributed by atoms with Gasteiger partial charge in [-0.05, 0) is 24.1 Å². The Morgan fingerprint density at radius 3 is 2.22 bits per heavy atom. The second kappa shape index (κ2) is 11.1. The first-order valence-corrected chi connectivity index (χ1v) is 10.0. The Balaban J connectivity index is 1.57. The summed E-state index contributed by atoms with van der Waals surface area (Å²) in [5.74, 6) is 0.271. The van der Waals surface area contributed by atoms with Crippen molar-refractivity contribution in [2.75, 3.05) is 19.8 Å². The Labute approximate surface area is 183 Å². The van der Waals surface area contributed by atoms with Crippen molar-refractivity contribution >= 4 is 0 Å². The normalized spacial score (nSPS) is 38.1. The zero-order chi connectivity index (χ0) is 23.4. The van der Waals surface area contributed by atoms with Crippen LogP contribution in [-0.2, 0) is 20.6 Å². The van der Waals surface area contributed by atoms with E-state index in [-0.39, 0.29) is 30.7 Å². The van der Waals surface area contributed by atoms with Crippen LogP contribution in [0, 0.1) is 5.21 Å². The maximum absolute atomic E-state index is 10.6. The molecule has 1 aromatic carbocycles. The molecule has 2 aliphatic heterocycles. The molecular formula is C19H28NO12-. The molecule has 2 heterocycles. The molecular weight excluding hydrogens is 434 g/mol. The Hall–Kier alpha value is -1.46. The highest BCUT2D eigenvalue weighted by atomic mass is 16.8. The summed E-state index contributed by atoms with van der Waals surface area (Å²) in [7, 11) is 0. The highest BCUT2D eigenvalue weighted by Gasteiger charge is 2.46. The molecule has 0 radical (unpaired) electrons. The number of aliphatic hydroxyl groups is 6. The second-order valence-corrected chi connectivity index (χ2v) is 7.69. The summed E-state index contributed by atoms with van der Waals surface area (Å²) in [5.41, 5.74) is 0.748. The van der Waals surface area contributed by atoms with Crippen molar-refractivity contribution in [1.29, 1.82) is 0 Å². The number of nitrogens with zero attached hydrogens (tertiary/aromatic N) is 1. The van der Waals surface area contributed by atoms with E-state index in [0.717, 1.165) is 5.56 Å². The van der Waals surface area contributed by atoms with E-state index in [9.17, 15) is 35.8 Å². The number of hydrogen-bond acceptors (Lipinski definition) is 13. The average Bonchev–Trinajstić information content (AvgIpc) is 2.77. The number of hydrogen-bond donors (Lipinski definition) is 7. The van der Waals surface area contributed by atoms with Gasteiger partial charge in [0.15, 0.2) is 6.29 Å². The van der Waals surface area contributed by atoms with E-state index in [1.165, 1.54) is 0 Å². The molecule has 2 aliphatic rings. The topological polar surface area (TPSA) is 205 Å². The molecule has 0 bridgehead atoms. The van der Waals surface area contributed by atoms with E-state index in [2.05, 4.69) is 0 Å². The Morgan fingerprint density at radius 1 is 0.906 bits per heavy atom. The van der Waals surface area contributed by atoms with Crippen molar-refractivity contribution in [2.24, 2.45) is 0 Å². The Kier molecular flexibility index (Phi) is 8.74. The van der Waals surface area contributed by atoms with Gasteiger partial charge in [0.2, 0.25) is 6.29 Å². The van der Waals surface area contributed by atoms with Crippen molar-refractivity contribution in [3.63, 3.8) is 0 Å². The van der Waals surface area contributed by atoms with E-state index >= 15 is 0 Å². The van der Waals surface area contributed by atoms with Crippen LogP contribution in [0.1, 0.15) is 5.56 Å². The minimum Gasteiger partial charge on any atom is -0.762 e. The molecule has 13 nitrogen and oxygen atoms in total. The lowest BCUT2D eigenvalue weighted by Gasteiger charge is -2.41. The number of ether oxygens (including phenoxy) is 4. The summed E-state index contributed by atoms with van der Waals surface area (Å²) in [6, 6.07) is 6.36. The first-order chi connectivity index (χ1) is 15.2. The maximum atomic E-state index is 10.6. The molecule has 32 heavy (non-hydrogen) atoms. The van der Waals surface area contributed by atoms with Crippen molar-refractivity contribution < 1.29 is 54.8 Å².